The number of carbonyl (C=O) groups is 1. The predicted octanol–water partition coefficient (Wildman–Crippen LogP) is 2.04. The second-order valence-electron chi connectivity index (χ2n) is 5.27. The molecule has 6 nitrogen and oxygen atoms in total. The first-order valence-electron chi connectivity index (χ1n) is 7.16. The molecule has 1 atom stereocenters. The van der Waals surface area contributed by atoms with Crippen molar-refractivity contribution in [1.29, 1.82) is 0 Å². The number of hydrazine groups is 1. The minimum Gasteiger partial charge on any atom is -0.508 e. The molecule has 1 aliphatic heterocycles. The molecule has 1 heterocycles. The van der Waals surface area contributed by atoms with Crippen molar-refractivity contribution in [1.82, 2.24) is 10.9 Å². The SMILES string of the molecule is COC(=O)c1cc(O)cc(C2=NC(c3ccccc3C)NN2)c1. The van der Waals surface area contributed by atoms with Gasteiger partial charge in [-0.05, 0) is 36.2 Å². The van der Waals surface area contributed by atoms with Gasteiger partial charge in [-0.2, -0.15) is 0 Å². The molecule has 0 aromatic heterocycles. The summed E-state index contributed by atoms with van der Waals surface area (Å²) in [6, 6.07) is 12.5. The lowest BCUT2D eigenvalue weighted by Gasteiger charge is -2.10. The smallest absolute Gasteiger partial charge is 0.338 e. The Balaban J connectivity index is 1.94. The van der Waals surface area contributed by atoms with Gasteiger partial charge in [-0.3, -0.25) is 0 Å². The highest BCUT2D eigenvalue weighted by Crippen LogP contribution is 2.23. The summed E-state index contributed by atoms with van der Waals surface area (Å²) in [7, 11) is 1.30. The number of carbonyl (C=O) groups excluding carboxylic acids is 1. The van der Waals surface area contributed by atoms with E-state index in [9.17, 15) is 9.90 Å². The molecule has 0 fully saturated rings. The number of ether oxygens (including phenoxy) is 1. The zero-order valence-electron chi connectivity index (χ0n) is 12.8. The van der Waals surface area contributed by atoms with E-state index in [-0.39, 0.29) is 17.5 Å². The largest absolute Gasteiger partial charge is 0.508 e. The van der Waals surface area contributed by atoms with Gasteiger partial charge in [0, 0.05) is 5.56 Å². The van der Waals surface area contributed by atoms with Gasteiger partial charge in [0.1, 0.15) is 17.8 Å². The number of methoxy groups -OCH3 is 1. The highest BCUT2D eigenvalue weighted by molar-refractivity contribution is 6.02. The Hall–Kier alpha value is -2.86. The number of aryl methyl sites for hydroxylation is 1. The lowest BCUT2D eigenvalue weighted by atomic mass is 10.1. The van der Waals surface area contributed by atoms with E-state index >= 15 is 0 Å². The van der Waals surface area contributed by atoms with Crippen molar-refractivity contribution in [3.8, 4) is 5.75 Å². The molecule has 0 amide bonds. The highest BCUT2D eigenvalue weighted by atomic mass is 16.5. The summed E-state index contributed by atoms with van der Waals surface area (Å²) in [5.74, 6) is 0.0233. The van der Waals surface area contributed by atoms with Crippen molar-refractivity contribution in [2.24, 2.45) is 4.99 Å². The first-order valence-corrected chi connectivity index (χ1v) is 7.16. The molecule has 23 heavy (non-hydrogen) atoms. The summed E-state index contributed by atoms with van der Waals surface area (Å²) in [5.41, 5.74) is 9.15. The van der Waals surface area contributed by atoms with Gasteiger partial charge in [0.25, 0.3) is 0 Å². The van der Waals surface area contributed by atoms with Gasteiger partial charge in [-0.1, -0.05) is 24.3 Å². The number of phenolic OH excluding ortho intramolecular Hbond substituents is 1. The van der Waals surface area contributed by atoms with E-state index in [2.05, 4.69) is 20.6 Å². The number of phenols is 1. The molecule has 0 radical (unpaired) electrons. The number of nitrogens with zero attached hydrogens (tertiary/aromatic N) is 1. The highest BCUT2D eigenvalue weighted by Gasteiger charge is 2.21. The van der Waals surface area contributed by atoms with Crippen LogP contribution in [0.4, 0.5) is 0 Å². The monoisotopic (exact) mass is 311 g/mol. The molecule has 6 heteroatoms. The molecule has 0 aliphatic carbocycles. The number of aromatic hydroxyl groups is 1. The van der Waals surface area contributed by atoms with E-state index in [1.165, 1.54) is 13.2 Å². The molecule has 3 N–H and O–H groups in total. The van der Waals surface area contributed by atoms with Crippen molar-refractivity contribution in [3.05, 3.63) is 64.7 Å². The molecule has 118 valence electrons. The Morgan fingerprint density at radius 1 is 1.26 bits per heavy atom. The van der Waals surface area contributed by atoms with Crippen LogP contribution in [0.2, 0.25) is 0 Å². The maximum atomic E-state index is 11.7. The summed E-state index contributed by atoms with van der Waals surface area (Å²) in [6.07, 6.45) is -0.227. The summed E-state index contributed by atoms with van der Waals surface area (Å²) < 4.78 is 4.69. The second kappa shape index (κ2) is 6.10. The van der Waals surface area contributed by atoms with Crippen LogP contribution in [-0.4, -0.2) is 24.0 Å². The number of aliphatic imine (C=N–C) groups is 1. The minimum absolute atomic E-state index is 0.0215. The summed E-state index contributed by atoms with van der Waals surface area (Å²) >= 11 is 0. The van der Waals surface area contributed by atoms with Crippen LogP contribution in [0.3, 0.4) is 0 Å². The Bertz CT molecular complexity index is 786. The van der Waals surface area contributed by atoms with Crippen LogP contribution in [-0.2, 0) is 4.74 Å². The molecule has 0 saturated carbocycles. The van der Waals surface area contributed by atoms with Gasteiger partial charge in [0.05, 0.1) is 12.7 Å². The minimum atomic E-state index is -0.510. The molecule has 1 unspecified atom stereocenters. The molecule has 0 spiro atoms. The maximum Gasteiger partial charge on any atom is 0.338 e. The fourth-order valence-electron chi connectivity index (χ4n) is 2.50. The number of benzene rings is 2. The molecular formula is C17H17N3O3. The molecule has 2 aromatic rings. The third kappa shape index (κ3) is 3.02. The quantitative estimate of drug-likeness (QED) is 0.756. The van der Waals surface area contributed by atoms with Gasteiger partial charge in [-0.15, -0.1) is 0 Å². The molecule has 0 bridgehead atoms. The van der Waals surface area contributed by atoms with Crippen molar-refractivity contribution < 1.29 is 14.6 Å². The van der Waals surface area contributed by atoms with Crippen LogP contribution < -0.4 is 10.9 Å². The zero-order chi connectivity index (χ0) is 16.4. The fraction of sp³-hybridized carbons (Fsp3) is 0.176. The van der Waals surface area contributed by atoms with Crippen molar-refractivity contribution in [2.75, 3.05) is 7.11 Å². The van der Waals surface area contributed by atoms with E-state index in [0.717, 1.165) is 11.1 Å². The fourth-order valence-corrected chi connectivity index (χ4v) is 2.50. The van der Waals surface area contributed by atoms with E-state index in [1.807, 2.05) is 31.2 Å². The molecular weight excluding hydrogens is 294 g/mol. The summed E-state index contributed by atoms with van der Waals surface area (Å²) in [5, 5.41) is 9.81. The molecule has 2 aromatic carbocycles. The van der Waals surface area contributed by atoms with Gasteiger partial charge < -0.3 is 15.3 Å². The normalized spacial score (nSPS) is 16.6. The Labute approximate surface area is 133 Å². The number of esters is 1. The van der Waals surface area contributed by atoms with Crippen molar-refractivity contribution in [2.45, 2.75) is 13.1 Å². The Kier molecular flexibility index (Phi) is 3.99. The van der Waals surface area contributed by atoms with Crippen molar-refractivity contribution >= 4 is 11.8 Å². The zero-order valence-corrected chi connectivity index (χ0v) is 12.8. The van der Waals surface area contributed by atoms with Crippen LogP contribution in [0.1, 0.15) is 33.2 Å². The third-order valence-corrected chi connectivity index (χ3v) is 3.68. The second-order valence-corrected chi connectivity index (χ2v) is 5.27. The lowest BCUT2D eigenvalue weighted by molar-refractivity contribution is 0.0600. The number of nitrogens with one attached hydrogen (secondary N) is 2. The number of rotatable bonds is 3. The number of amidine groups is 1. The third-order valence-electron chi connectivity index (χ3n) is 3.68. The maximum absolute atomic E-state index is 11.7. The average molecular weight is 311 g/mol. The van der Waals surface area contributed by atoms with Crippen molar-refractivity contribution in [3.63, 3.8) is 0 Å². The molecule has 1 aliphatic rings. The van der Waals surface area contributed by atoms with Crippen LogP contribution in [0.5, 0.6) is 5.75 Å². The topological polar surface area (TPSA) is 83.0 Å². The van der Waals surface area contributed by atoms with E-state index < -0.39 is 5.97 Å². The number of hydrogen-bond acceptors (Lipinski definition) is 6. The van der Waals surface area contributed by atoms with Crippen LogP contribution >= 0.6 is 0 Å². The van der Waals surface area contributed by atoms with Crippen LogP contribution in [0, 0.1) is 6.92 Å². The van der Waals surface area contributed by atoms with Gasteiger partial charge in [0.15, 0.2) is 0 Å². The first-order chi connectivity index (χ1) is 11.1. The van der Waals surface area contributed by atoms with Crippen LogP contribution in [0.25, 0.3) is 0 Å². The average Bonchev–Trinajstić information content (AvgIpc) is 3.03. The van der Waals surface area contributed by atoms with Gasteiger partial charge >= 0.3 is 5.97 Å². The molecule has 0 saturated heterocycles. The van der Waals surface area contributed by atoms with E-state index in [1.54, 1.807) is 12.1 Å². The Morgan fingerprint density at radius 2 is 2.04 bits per heavy atom. The first kappa shape index (κ1) is 15.1. The number of hydrogen-bond donors (Lipinski definition) is 3. The van der Waals surface area contributed by atoms with Gasteiger partial charge in [-0.25, -0.2) is 15.2 Å². The Morgan fingerprint density at radius 3 is 2.78 bits per heavy atom. The van der Waals surface area contributed by atoms with E-state index in [4.69, 9.17) is 0 Å². The standard InChI is InChI=1S/C17H17N3O3/c1-10-5-3-4-6-14(10)16-18-15(19-20-16)11-7-12(17(22)23-2)9-13(21)8-11/h3-9,16,20-21H,1-2H3,(H,18,19). The predicted molar refractivity (Wildman–Crippen MR) is 86.2 cm³/mol. The molecule has 3 rings (SSSR count). The van der Waals surface area contributed by atoms with Gasteiger partial charge in [0.2, 0.25) is 0 Å². The summed E-state index contributed by atoms with van der Waals surface area (Å²) in [6.45, 7) is 2.02. The van der Waals surface area contributed by atoms with E-state index in [0.29, 0.717) is 11.4 Å². The lowest BCUT2D eigenvalue weighted by Crippen LogP contribution is -2.32. The van der Waals surface area contributed by atoms with Crippen LogP contribution in [0.15, 0.2) is 47.5 Å². The summed E-state index contributed by atoms with van der Waals surface area (Å²) in [4.78, 5) is 16.2.